The quantitative estimate of drug-likeness (QED) is 0.885. The summed E-state index contributed by atoms with van der Waals surface area (Å²) < 4.78 is 18.2. The van der Waals surface area contributed by atoms with Crippen molar-refractivity contribution < 1.29 is 18.7 Å². The molecule has 1 aromatic carbocycles. The van der Waals surface area contributed by atoms with E-state index in [1.165, 1.54) is 12.1 Å². The standard InChI is InChI=1S/C19H22FN3O4/c1-2-27-19(26)23-9-7-22(8-10-23)17(24)6-4-14-11-13-3-5-15(20)12-16(13)21-18(14)25/h3,5,11-12H,2,4,6-10H2,1H3,(H,21,25). The maximum atomic E-state index is 13.2. The highest BCUT2D eigenvalue weighted by Crippen LogP contribution is 2.14. The molecule has 0 atom stereocenters. The molecule has 8 heteroatoms. The molecule has 1 aromatic heterocycles. The van der Waals surface area contributed by atoms with E-state index in [-0.39, 0.29) is 24.0 Å². The second-order valence-corrected chi connectivity index (χ2v) is 6.42. The molecule has 0 spiro atoms. The van der Waals surface area contributed by atoms with Crippen molar-refractivity contribution in [3.63, 3.8) is 0 Å². The lowest BCUT2D eigenvalue weighted by Crippen LogP contribution is -2.50. The molecule has 0 aliphatic carbocycles. The number of H-pyrrole nitrogens is 1. The number of fused-ring (bicyclic) bond motifs is 1. The summed E-state index contributed by atoms with van der Waals surface area (Å²) in [5.41, 5.74) is 0.616. The first-order valence-corrected chi connectivity index (χ1v) is 8.99. The van der Waals surface area contributed by atoms with Crippen molar-refractivity contribution in [3.8, 4) is 0 Å². The van der Waals surface area contributed by atoms with Gasteiger partial charge in [-0.3, -0.25) is 9.59 Å². The van der Waals surface area contributed by atoms with Crippen LogP contribution in [-0.4, -0.2) is 59.6 Å². The number of halogens is 1. The molecular formula is C19H22FN3O4. The number of ether oxygens (including phenoxy) is 1. The second kappa shape index (κ2) is 8.20. The summed E-state index contributed by atoms with van der Waals surface area (Å²) >= 11 is 0. The van der Waals surface area contributed by atoms with Crippen LogP contribution in [0.5, 0.6) is 0 Å². The molecule has 0 bridgehead atoms. The van der Waals surface area contributed by atoms with Gasteiger partial charge in [0.25, 0.3) is 5.56 Å². The Morgan fingerprint density at radius 3 is 2.56 bits per heavy atom. The summed E-state index contributed by atoms with van der Waals surface area (Å²) in [6.07, 6.45) is 0.151. The molecule has 1 N–H and O–H groups in total. The highest BCUT2D eigenvalue weighted by Gasteiger charge is 2.24. The van der Waals surface area contributed by atoms with Crippen LogP contribution in [0.3, 0.4) is 0 Å². The predicted octanol–water partition coefficient (Wildman–Crippen LogP) is 1.90. The number of aromatic amines is 1. The summed E-state index contributed by atoms with van der Waals surface area (Å²) in [5, 5.41) is 0.724. The van der Waals surface area contributed by atoms with Crippen molar-refractivity contribution in [3.05, 3.63) is 46.0 Å². The van der Waals surface area contributed by atoms with Crippen molar-refractivity contribution in [2.24, 2.45) is 0 Å². The topological polar surface area (TPSA) is 82.7 Å². The van der Waals surface area contributed by atoms with Gasteiger partial charge in [0.05, 0.1) is 12.1 Å². The molecule has 2 heterocycles. The lowest BCUT2D eigenvalue weighted by atomic mass is 10.1. The molecule has 3 rings (SSSR count). The monoisotopic (exact) mass is 375 g/mol. The number of benzene rings is 1. The number of nitrogens with zero attached hydrogens (tertiary/aromatic N) is 2. The number of aryl methyl sites for hydroxylation is 1. The molecule has 1 aliphatic heterocycles. The molecule has 0 radical (unpaired) electrons. The van der Waals surface area contributed by atoms with Crippen LogP contribution >= 0.6 is 0 Å². The Bertz CT molecular complexity index is 903. The van der Waals surface area contributed by atoms with Gasteiger partial charge in [0.2, 0.25) is 5.91 Å². The molecule has 7 nitrogen and oxygen atoms in total. The van der Waals surface area contributed by atoms with E-state index in [0.717, 1.165) is 5.39 Å². The molecule has 1 saturated heterocycles. The predicted molar refractivity (Wildman–Crippen MR) is 98.0 cm³/mol. The van der Waals surface area contributed by atoms with Crippen molar-refractivity contribution in [1.82, 2.24) is 14.8 Å². The molecule has 27 heavy (non-hydrogen) atoms. The van der Waals surface area contributed by atoms with Crippen LogP contribution in [0.25, 0.3) is 10.9 Å². The Morgan fingerprint density at radius 2 is 1.85 bits per heavy atom. The third-order valence-electron chi connectivity index (χ3n) is 4.65. The van der Waals surface area contributed by atoms with Crippen molar-refractivity contribution >= 4 is 22.9 Å². The molecule has 1 fully saturated rings. The van der Waals surface area contributed by atoms with Crippen molar-refractivity contribution in [2.45, 2.75) is 19.8 Å². The normalized spacial score (nSPS) is 14.4. The van der Waals surface area contributed by atoms with E-state index in [2.05, 4.69) is 4.98 Å². The van der Waals surface area contributed by atoms with Gasteiger partial charge >= 0.3 is 6.09 Å². The SMILES string of the molecule is CCOC(=O)N1CCN(C(=O)CCc2cc3ccc(F)cc3[nH]c2=O)CC1. The molecular weight excluding hydrogens is 353 g/mol. The van der Waals surface area contributed by atoms with Crippen molar-refractivity contribution in [2.75, 3.05) is 32.8 Å². The lowest BCUT2D eigenvalue weighted by molar-refractivity contribution is -0.132. The lowest BCUT2D eigenvalue weighted by Gasteiger charge is -2.34. The summed E-state index contributed by atoms with van der Waals surface area (Å²) in [5.74, 6) is -0.472. The average molecular weight is 375 g/mol. The van der Waals surface area contributed by atoms with Gasteiger partial charge in [-0.25, -0.2) is 9.18 Å². The van der Waals surface area contributed by atoms with Crippen LogP contribution in [0.15, 0.2) is 29.1 Å². The maximum absolute atomic E-state index is 13.2. The number of hydrogen-bond donors (Lipinski definition) is 1. The van der Waals surface area contributed by atoms with E-state index in [0.29, 0.717) is 50.3 Å². The number of rotatable bonds is 4. The Labute approximate surface area is 155 Å². The van der Waals surface area contributed by atoms with E-state index in [1.54, 1.807) is 28.9 Å². The summed E-state index contributed by atoms with van der Waals surface area (Å²) in [6.45, 7) is 3.85. The van der Waals surface area contributed by atoms with Crippen LogP contribution in [-0.2, 0) is 16.0 Å². The number of nitrogens with one attached hydrogen (secondary N) is 1. The Balaban J connectivity index is 1.57. The zero-order valence-corrected chi connectivity index (χ0v) is 15.2. The third-order valence-corrected chi connectivity index (χ3v) is 4.65. The zero-order valence-electron chi connectivity index (χ0n) is 15.2. The van der Waals surface area contributed by atoms with E-state index in [4.69, 9.17) is 4.74 Å². The molecule has 0 saturated carbocycles. The van der Waals surface area contributed by atoms with Crippen molar-refractivity contribution in [1.29, 1.82) is 0 Å². The first-order valence-electron chi connectivity index (χ1n) is 8.99. The minimum Gasteiger partial charge on any atom is -0.450 e. The second-order valence-electron chi connectivity index (χ2n) is 6.42. The minimum atomic E-state index is -0.414. The highest BCUT2D eigenvalue weighted by atomic mass is 19.1. The van der Waals surface area contributed by atoms with Crippen LogP contribution in [0.2, 0.25) is 0 Å². The van der Waals surface area contributed by atoms with Gasteiger partial charge in [0.1, 0.15) is 5.82 Å². The Kier molecular flexibility index (Phi) is 5.73. The summed E-state index contributed by atoms with van der Waals surface area (Å²) in [4.78, 5) is 42.2. The molecule has 0 unspecified atom stereocenters. The minimum absolute atomic E-state index is 0.0582. The fourth-order valence-corrected chi connectivity index (χ4v) is 3.16. The van der Waals surface area contributed by atoms with E-state index >= 15 is 0 Å². The largest absolute Gasteiger partial charge is 0.450 e. The third kappa shape index (κ3) is 4.45. The van der Waals surface area contributed by atoms with Gasteiger partial charge in [-0.15, -0.1) is 0 Å². The molecule has 144 valence electrons. The van der Waals surface area contributed by atoms with E-state index in [1.807, 2.05) is 0 Å². The molecule has 2 aromatic rings. The van der Waals surface area contributed by atoms with Gasteiger partial charge < -0.3 is 19.5 Å². The molecule has 2 amide bonds. The number of amides is 2. The molecule has 1 aliphatic rings. The fraction of sp³-hybridized carbons (Fsp3) is 0.421. The maximum Gasteiger partial charge on any atom is 0.409 e. The van der Waals surface area contributed by atoms with Gasteiger partial charge in [-0.2, -0.15) is 0 Å². The number of carbonyl (C=O) groups is 2. The Morgan fingerprint density at radius 1 is 1.15 bits per heavy atom. The van der Waals surface area contributed by atoms with Crippen LogP contribution < -0.4 is 5.56 Å². The van der Waals surface area contributed by atoms with Gasteiger partial charge in [0, 0.05) is 38.2 Å². The average Bonchev–Trinajstić information content (AvgIpc) is 2.66. The Hall–Kier alpha value is -2.90. The number of pyridine rings is 1. The smallest absolute Gasteiger partial charge is 0.409 e. The number of piperazine rings is 1. The summed E-state index contributed by atoms with van der Waals surface area (Å²) in [7, 11) is 0. The van der Waals surface area contributed by atoms with Gasteiger partial charge in [-0.05, 0) is 43.0 Å². The van der Waals surface area contributed by atoms with Gasteiger partial charge in [0.15, 0.2) is 0 Å². The first-order chi connectivity index (χ1) is 13.0. The number of carbonyl (C=O) groups excluding carboxylic acids is 2. The van der Waals surface area contributed by atoms with Gasteiger partial charge in [-0.1, -0.05) is 0 Å². The van der Waals surface area contributed by atoms with E-state index < -0.39 is 5.82 Å². The highest BCUT2D eigenvalue weighted by molar-refractivity contribution is 5.80. The first kappa shape index (κ1) is 18.9. The fourth-order valence-electron chi connectivity index (χ4n) is 3.16. The number of hydrogen-bond acceptors (Lipinski definition) is 4. The van der Waals surface area contributed by atoms with Crippen LogP contribution in [0.4, 0.5) is 9.18 Å². The van der Waals surface area contributed by atoms with Crippen LogP contribution in [0, 0.1) is 5.82 Å². The number of aromatic nitrogens is 1. The zero-order chi connectivity index (χ0) is 19.4. The summed E-state index contributed by atoms with van der Waals surface area (Å²) in [6, 6.07) is 5.90. The van der Waals surface area contributed by atoms with Crippen LogP contribution in [0.1, 0.15) is 18.9 Å². The van der Waals surface area contributed by atoms with E-state index in [9.17, 15) is 18.8 Å².